The van der Waals surface area contributed by atoms with Crippen LogP contribution in [0.2, 0.25) is 0 Å². The summed E-state index contributed by atoms with van der Waals surface area (Å²) >= 11 is 0. The normalized spacial score (nSPS) is 27.0. The van der Waals surface area contributed by atoms with E-state index in [1.54, 1.807) is 0 Å². The van der Waals surface area contributed by atoms with Crippen molar-refractivity contribution in [2.24, 2.45) is 0 Å². The van der Waals surface area contributed by atoms with E-state index in [0.717, 1.165) is 6.04 Å². The highest BCUT2D eigenvalue weighted by Gasteiger charge is 2.35. The summed E-state index contributed by atoms with van der Waals surface area (Å²) in [6.45, 7) is 1.23. The van der Waals surface area contributed by atoms with Crippen molar-refractivity contribution in [2.45, 2.75) is 44.2 Å². The number of hydrogen-bond donors (Lipinski definition) is 0. The molecule has 0 radical (unpaired) electrons. The fraction of sp³-hybridized carbons (Fsp3) is 0.562. The molecule has 0 saturated carbocycles. The van der Waals surface area contributed by atoms with Crippen molar-refractivity contribution in [3.63, 3.8) is 0 Å². The Labute approximate surface area is 114 Å². The van der Waals surface area contributed by atoms with Gasteiger partial charge in [0.25, 0.3) is 0 Å². The van der Waals surface area contributed by atoms with Crippen molar-refractivity contribution in [1.29, 1.82) is 0 Å². The molecule has 0 aromatic heterocycles. The zero-order chi connectivity index (χ0) is 13.2. The predicted molar refractivity (Wildman–Crippen MR) is 74.1 cm³/mol. The van der Waals surface area contributed by atoms with Crippen LogP contribution in [0.5, 0.6) is 0 Å². The van der Waals surface area contributed by atoms with Crippen LogP contribution in [0.25, 0.3) is 0 Å². The average molecular weight is 259 g/mol. The molecule has 0 unspecified atom stereocenters. The topological polar surface area (TPSA) is 29.5 Å². The van der Waals surface area contributed by atoms with E-state index in [4.69, 9.17) is 4.74 Å². The highest BCUT2D eigenvalue weighted by Crippen LogP contribution is 2.40. The van der Waals surface area contributed by atoms with E-state index < -0.39 is 0 Å². The first-order chi connectivity index (χ1) is 9.29. The number of carbonyl (C=O) groups is 1. The monoisotopic (exact) mass is 259 g/mol. The van der Waals surface area contributed by atoms with Gasteiger partial charge in [-0.25, -0.2) is 4.79 Å². The van der Waals surface area contributed by atoms with Gasteiger partial charge >= 0.3 is 5.97 Å². The zero-order valence-electron chi connectivity index (χ0n) is 11.5. The molecule has 3 nitrogen and oxygen atoms in total. The Kier molecular flexibility index (Phi) is 3.56. The van der Waals surface area contributed by atoms with Gasteiger partial charge in [-0.2, -0.15) is 0 Å². The first-order valence-electron chi connectivity index (χ1n) is 7.23. The Balaban J connectivity index is 1.77. The molecule has 2 fully saturated rings. The number of fused-ring (bicyclic) bond motifs is 1. The summed E-state index contributed by atoms with van der Waals surface area (Å²) in [4.78, 5) is 14.1. The number of esters is 1. The summed E-state index contributed by atoms with van der Waals surface area (Å²) in [6.07, 6.45) is 6.64. The van der Waals surface area contributed by atoms with Crippen LogP contribution in [0, 0.1) is 0 Å². The number of rotatable bonds is 2. The van der Waals surface area contributed by atoms with E-state index in [2.05, 4.69) is 17.0 Å². The second-order valence-electron chi connectivity index (χ2n) is 5.59. The molecule has 0 aliphatic carbocycles. The predicted octanol–water partition coefficient (Wildman–Crippen LogP) is 3.16. The van der Waals surface area contributed by atoms with Gasteiger partial charge in [0.15, 0.2) is 0 Å². The van der Waals surface area contributed by atoms with E-state index >= 15 is 0 Å². The van der Waals surface area contributed by atoms with E-state index in [9.17, 15) is 4.79 Å². The standard InChI is InChI=1S/C16H21NO2/c1-19-16(18)13-7-5-12(6-8-13)15-10-9-14-4-2-3-11-17(14)15/h5-8,14-15H,2-4,9-11H2,1H3/t14-,15-/m0/s1. The molecular formula is C16H21NO2. The molecule has 1 aromatic rings. The van der Waals surface area contributed by atoms with E-state index in [0.29, 0.717) is 11.6 Å². The highest BCUT2D eigenvalue weighted by atomic mass is 16.5. The third-order valence-electron chi connectivity index (χ3n) is 4.56. The quantitative estimate of drug-likeness (QED) is 0.764. The Bertz CT molecular complexity index is 454. The lowest BCUT2D eigenvalue weighted by atomic mass is 10.0. The summed E-state index contributed by atoms with van der Waals surface area (Å²) in [5.74, 6) is -0.256. The van der Waals surface area contributed by atoms with E-state index in [1.165, 1.54) is 51.3 Å². The Morgan fingerprint density at radius 1 is 1.16 bits per heavy atom. The van der Waals surface area contributed by atoms with Gasteiger partial charge in [-0.05, 0) is 49.9 Å². The van der Waals surface area contributed by atoms with Crippen molar-refractivity contribution < 1.29 is 9.53 Å². The number of ether oxygens (including phenoxy) is 1. The van der Waals surface area contributed by atoms with Gasteiger partial charge in [0.2, 0.25) is 0 Å². The van der Waals surface area contributed by atoms with E-state index in [1.807, 2.05) is 12.1 Å². The van der Waals surface area contributed by atoms with Gasteiger partial charge in [-0.15, -0.1) is 0 Å². The van der Waals surface area contributed by atoms with Crippen molar-refractivity contribution in [2.75, 3.05) is 13.7 Å². The van der Waals surface area contributed by atoms with Crippen LogP contribution in [-0.4, -0.2) is 30.6 Å². The lowest BCUT2D eigenvalue weighted by Gasteiger charge is -2.34. The van der Waals surface area contributed by atoms with Gasteiger partial charge in [-0.3, -0.25) is 4.90 Å². The molecule has 2 heterocycles. The molecule has 0 spiro atoms. The largest absolute Gasteiger partial charge is 0.465 e. The first kappa shape index (κ1) is 12.7. The molecule has 19 heavy (non-hydrogen) atoms. The minimum absolute atomic E-state index is 0.256. The third-order valence-corrected chi connectivity index (χ3v) is 4.56. The molecule has 0 bridgehead atoms. The Morgan fingerprint density at radius 3 is 2.68 bits per heavy atom. The molecule has 2 aliphatic heterocycles. The van der Waals surface area contributed by atoms with Gasteiger partial charge < -0.3 is 4.74 Å². The molecule has 3 heteroatoms. The highest BCUT2D eigenvalue weighted by molar-refractivity contribution is 5.89. The number of hydrogen-bond acceptors (Lipinski definition) is 3. The summed E-state index contributed by atoms with van der Waals surface area (Å²) in [7, 11) is 1.42. The first-order valence-corrected chi connectivity index (χ1v) is 7.23. The van der Waals surface area contributed by atoms with Crippen LogP contribution in [0.15, 0.2) is 24.3 Å². The minimum Gasteiger partial charge on any atom is -0.465 e. The Morgan fingerprint density at radius 2 is 1.95 bits per heavy atom. The smallest absolute Gasteiger partial charge is 0.337 e. The van der Waals surface area contributed by atoms with Crippen molar-refractivity contribution in [1.82, 2.24) is 4.90 Å². The zero-order valence-corrected chi connectivity index (χ0v) is 11.5. The van der Waals surface area contributed by atoms with E-state index in [-0.39, 0.29) is 5.97 Å². The Hall–Kier alpha value is -1.35. The number of methoxy groups -OCH3 is 1. The number of piperidine rings is 1. The van der Waals surface area contributed by atoms with Crippen molar-refractivity contribution >= 4 is 5.97 Å². The fourth-order valence-electron chi connectivity index (χ4n) is 3.58. The SMILES string of the molecule is COC(=O)c1ccc([C@@H]2CC[C@@H]3CCCCN32)cc1. The molecule has 1 aromatic carbocycles. The van der Waals surface area contributed by atoms with Gasteiger partial charge in [-0.1, -0.05) is 18.6 Å². The lowest BCUT2D eigenvalue weighted by Crippen LogP contribution is -2.35. The van der Waals surface area contributed by atoms with Crippen LogP contribution in [0.1, 0.15) is 54.1 Å². The number of benzene rings is 1. The molecule has 0 N–H and O–H groups in total. The molecule has 102 valence electrons. The molecule has 2 saturated heterocycles. The number of carbonyl (C=O) groups excluding carboxylic acids is 1. The molecule has 2 atom stereocenters. The third kappa shape index (κ3) is 2.39. The molecule has 0 amide bonds. The van der Waals surface area contributed by atoms with Crippen LogP contribution in [-0.2, 0) is 4.74 Å². The van der Waals surface area contributed by atoms with Gasteiger partial charge in [0.1, 0.15) is 0 Å². The number of nitrogens with zero attached hydrogens (tertiary/aromatic N) is 1. The summed E-state index contributed by atoms with van der Waals surface area (Å²) in [5.41, 5.74) is 1.98. The maximum atomic E-state index is 11.4. The van der Waals surface area contributed by atoms with Crippen LogP contribution in [0.4, 0.5) is 0 Å². The molecule has 3 rings (SSSR count). The fourth-order valence-corrected chi connectivity index (χ4v) is 3.58. The summed E-state index contributed by atoms with van der Waals surface area (Å²) < 4.78 is 4.74. The van der Waals surface area contributed by atoms with Crippen LogP contribution in [0.3, 0.4) is 0 Å². The second-order valence-corrected chi connectivity index (χ2v) is 5.59. The maximum Gasteiger partial charge on any atom is 0.337 e. The maximum absolute atomic E-state index is 11.4. The average Bonchev–Trinajstić information content (AvgIpc) is 2.90. The molecule has 2 aliphatic rings. The summed E-state index contributed by atoms with van der Waals surface area (Å²) in [5, 5.41) is 0. The van der Waals surface area contributed by atoms with Crippen molar-refractivity contribution in [3.05, 3.63) is 35.4 Å². The van der Waals surface area contributed by atoms with Gasteiger partial charge in [0.05, 0.1) is 12.7 Å². The van der Waals surface area contributed by atoms with Crippen LogP contribution >= 0.6 is 0 Å². The van der Waals surface area contributed by atoms with Crippen molar-refractivity contribution in [3.8, 4) is 0 Å². The summed E-state index contributed by atoms with van der Waals surface area (Å²) in [6, 6.07) is 9.30. The van der Waals surface area contributed by atoms with Crippen LogP contribution < -0.4 is 0 Å². The minimum atomic E-state index is -0.256. The second kappa shape index (κ2) is 5.33. The molecular weight excluding hydrogens is 238 g/mol. The lowest BCUT2D eigenvalue weighted by molar-refractivity contribution is 0.0600. The van der Waals surface area contributed by atoms with Gasteiger partial charge in [0, 0.05) is 12.1 Å².